The fraction of sp³-hybridized carbons (Fsp3) is 0.700. The first kappa shape index (κ1) is 22.1. The van der Waals surface area contributed by atoms with Crippen LogP contribution in [0.1, 0.15) is 47.5 Å². The number of imidazole rings is 1. The average Bonchev–Trinajstić information content (AvgIpc) is 3.13. The number of unbranched alkanes of at least 4 members (excludes halogenated alkanes) is 1. The number of fused-ring (bicyclic) bond motifs is 1. The highest BCUT2D eigenvalue weighted by molar-refractivity contribution is 5.84. The van der Waals surface area contributed by atoms with Crippen molar-refractivity contribution in [3.05, 3.63) is 6.33 Å². The number of rotatable bonds is 7. The average molecular weight is 419 g/mol. The molecule has 1 aliphatic rings. The standard InChI is InChI=1S/C20H34N8O2/c1-6-8-9-21-16-15-17(28(14-22-15)20(3,4)5)24-18(23-16)25-27-12-10-26(11-13-27)19(29)30-7-2/h14H,6-13H2,1-5H3,(H2,21,23,24,25). The molecule has 0 unspecified atom stereocenters. The van der Waals surface area contributed by atoms with E-state index in [1.165, 1.54) is 0 Å². The van der Waals surface area contributed by atoms with E-state index < -0.39 is 0 Å². The lowest BCUT2D eigenvalue weighted by atomic mass is 10.1. The zero-order valence-corrected chi connectivity index (χ0v) is 18.7. The molecule has 10 heteroatoms. The summed E-state index contributed by atoms with van der Waals surface area (Å²) < 4.78 is 7.16. The van der Waals surface area contributed by atoms with Gasteiger partial charge in [-0.1, -0.05) is 13.3 Å². The number of piperazine rings is 1. The third-order valence-electron chi connectivity index (χ3n) is 5.01. The Bertz CT molecular complexity index is 852. The number of amides is 1. The van der Waals surface area contributed by atoms with Crippen LogP contribution in [0.25, 0.3) is 11.2 Å². The molecule has 1 aliphatic heterocycles. The second-order valence-corrected chi connectivity index (χ2v) is 8.42. The third-order valence-corrected chi connectivity index (χ3v) is 5.01. The minimum atomic E-state index is -0.258. The van der Waals surface area contributed by atoms with Crippen LogP contribution in [-0.4, -0.2) is 74.9 Å². The van der Waals surface area contributed by atoms with Crippen molar-refractivity contribution in [1.82, 2.24) is 29.4 Å². The quantitative estimate of drug-likeness (QED) is 0.662. The second kappa shape index (κ2) is 9.46. The van der Waals surface area contributed by atoms with Gasteiger partial charge in [0.15, 0.2) is 17.0 Å². The molecule has 3 heterocycles. The Labute approximate surface area is 178 Å². The second-order valence-electron chi connectivity index (χ2n) is 8.42. The predicted molar refractivity (Wildman–Crippen MR) is 118 cm³/mol. The SMILES string of the molecule is CCCCNc1nc(NN2CCN(C(=O)OCC)CC2)nc2c1ncn2C(C)(C)C. The van der Waals surface area contributed by atoms with E-state index in [1.807, 2.05) is 18.3 Å². The molecule has 0 aromatic carbocycles. The predicted octanol–water partition coefficient (Wildman–Crippen LogP) is 2.89. The van der Waals surface area contributed by atoms with Crippen LogP contribution in [0.3, 0.4) is 0 Å². The Morgan fingerprint density at radius 1 is 1.17 bits per heavy atom. The molecular weight excluding hydrogens is 384 g/mol. The van der Waals surface area contributed by atoms with Crippen molar-refractivity contribution in [1.29, 1.82) is 0 Å². The maximum atomic E-state index is 11.9. The molecule has 1 fully saturated rings. The van der Waals surface area contributed by atoms with Crippen molar-refractivity contribution in [2.24, 2.45) is 0 Å². The molecule has 10 nitrogen and oxygen atoms in total. The highest BCUT2D eigenvalue weighted by Gasteiger charge is 2.24. The lowest BCUT2D eigenvalue weighted by molar-refractivity contribution is 0.0851. The Balaban J connectivity index is 1.79. The van der Waals surface area contributed by atoms with Crippen molar-refractivity contribution in [2.45, 2.75) is 53.0 Å². The first-order valence-electron chi connectivity index (χ1n) is 10.8. The summed E-state index contributed by atoms with van der Waals surface area (Å²) in [5.41, 5.74) is 4.74. The van der Waals surface area contributed by atoms with Gasteiger partial charge in [0.25, 0.3) is 0 Å². The van der Waals surface area contributed by atoms with Crippen LogP contribution in [0, 0.1) is 0 Å². The van der Waals surface area contributed by atoms with E-state index in [-0.39, 0.29) is 11.6 Å². The minimum Gasteiger partial charge on any atom is -0.450 e. The van der Waals surface area contributed by atoms with Crippen molar-refractivity contribution in [3.8, 4) is 0 Å². The number of anilines is 2. The summed E-state index contributed by atoms with van der Waals surface area (Å²) in [6.07, 6.45) is 3.73. The highest BCUT2D eigenvalue weighted by atomic mass is 16.6. The van der Waals surface area contributed by atoms with E-state index >= 15 is 0 Å². The van der Waals surface area contributed by atoms with Gasteiger partial charge in [-0.25, -0.2) is 14.8 Å². The molecule has 0 bridgehead atoms. The number of hydrogen-bond acceptors (Lipinski definition) is 8. The lowest BCUT2D eigenvalue weighted by Crippen LogP contribution is -2.50. The van der Waals surface area contributed by atoms with Gasteiger partial charge in [-0.15, -0.1) is 0 Å². The van der Waals surface area contributed by atoms with Gasteiger partial charge in [0, 0.05) is 38.3 Å². The summed E-state index contributed by atoms with van der Waals surface area (Å²) in [5, 5.41) is 5.44. The Kier molecular flexibility index (Phi) is 6.96. The third kappa shape index (κ3) is 5.10. The fourth-order valence-corrected chi connectivity index (χ4v) is 3.30. The van der Waals surface area contributed by atoms with Crippen molar-refractivity contribution in [3.63, 3.8) is 0 Å². The number of hydrogen-bond donors (Lipinski definition) is 2. The molecule has 2 aromatic rings. The van der Waals surface area contributed by atoms with Gasteiger partial charge in [0.1, 0.15) is 0 Å². The van der Waals surface area contributed by atoms with E-state index in [0.29, 0.717) is 38.7 Å². The van der Waals surface area contributed by atoms with E-state index in [0.717, 1.165) is 36.4 Å². The smallest absolute Gasteiger partial charge is 0.409 e. The van der Waals surface area contributed by atoms with Gasteiger partial charge in [-0.3, -0.25) is 5.43 Å². The Morgan fingerprint density at radius 3 is 2.53 bits per heavy atom. The summed E-state index contributed by atoms with van der Waals surface area (Å²) >= 11 is 0. The molecule has 2 aromatic heterocycles. The van der Waals surface area contributed by atoms with Gasteiger partial charge in [-0.05, 0) is 34.1 Å². The van der Waals surface area contributed by atoms with E-state index in [9.17, 15) is 4.79 Å². The molecule has 0 spiro atoms. The number of carbonyl (C=O) groups excluding carboxylic acids is 1. The van der Waals surface area contributed by atoms with Gasteiger partial charge < -0.3 is 19.5 Å². The van der Waals surface area contributed by atoms with Gasteiger partial charge in [0.05, 0.1) is 12.9 Å². The minimum absolute atomic E-state index is 0.147. The molecule has 30 heavy (non-hydrogen) atoms. The van der Waals surface area contributed by atoms with E-state index in [2.05, 4.69) is 53.0 Å². The number of hydrazine groups is 1. The molecule has 0 saturated carbocycles. The largest absolute Gasteiger partial charge is 0.450 e. The first-order chi connectivity index (χ1) is 14.3. The van der Waals surface area contributed by atoms with Crippen LogP contribution in [0.5, 0.6) is 0 Å². The molecule has 0 radical (unpaired) electrons. The number of nitrogens with one attached hydrogen (secondary N) is 2. The van der Waals surface area contributed by atoms with Crippen LogP contribution in [0.15, 0.2) is 6.33 Å². The van der Waals surface area contributed by atoms with Crippen molar-refractivity contribution >= 4 is 29.0 Å². The van der Waals surface area contributed by atoms with Crippen LogP contribution in [0.2, 0.25) is 0 Å². The summed E-state index contributed by atoms with van der Waals surface area (Å²) in [4.78, 5) is 27.6. The molecule has 0 atom stereocenters. The number of aromatic nitrogens is 4. The summed E-state index contributed by atoms with van der Waals surface area (Å²) in [7, 11) is 0. The van der Waals surface area contributed by atoms with Crippen molar-refractivity contribution in [2.75, 3.05) is 50.1 Å². The normalized spacial score (nSPS) is 15.4. The summed E-state index contributed by atoms with van der Waals surface area (Å²) in [6, 6.07) is 0. The van der Waals surface area contributed by atoms with Crippen LogP contribution >= 0.6 is 0 Å². The van der Waals surface area contributed by atoms with E-state index in [1.54, 1.807) is 4.90 Å². The van der Waals surface area contributed by atoms with Crippen molar-refractivity contribution < 1.29 is 9.53 Å². The molecule has 166 valence electrons. The highest BCUT2D eigenvalue weighted by Crippen LogP contribution is 2.26. The molecule has 0 aliphatic carbocycles. The maximum absolute atomic E-state index is 11.9. The summed E-state index contributed by atoms with van der Waals surface area (Å²) in [5.74, 6) is 1.26. The molecule has 1 saturated heterocycles. The summed E-state index contributed by atoms with van der Waals surface area (Å²) in [6.45, 7) is 14.1. The molecule has 2 N–H and O–H groups in total. The number of ether oxygens (including phenoxy) is 1. The van der Waals surface area contributed by atoms with Crippen LogP contribution < -0.4 is 10.7 Å². The fourth-order valence-electron chi connectivity index (χ4n) is 3.30. The van der Waals surface area contributed by atoms with Gasteiger partial charge in [-0.2, -0.15) is 9.97 Å². The maximum Gasteiger partial charge on any atom is 0.409 e. The van der Waals surface area contributed by atoms with Gasteiger partial charge in [0.2, 0.25) is 5.95 Å². The first-order valence-corrected chi connectivity index (χ1v) is 10.8. The topological polar surface area (TPSA) is 100 Å². The monoisotopic (exact) mass is 418 g/mol. The zero-order chi connectivity index (χ0) is 21.7. The molecular formula is C20H34N8O2. The number of carbonyl (C=O) groups is 1. The van der Waals surface area contributed by atoms with E-state index in [4.69, 9.17) is 9.72 Å². The lowest BCUT2D eigenvalue weighted by Gasteiger charge is -2.34. The van der Waals surface area contributed by atoms with Crippen LogP contribution in [-0.2, 0) is 10.3 Å². The molecule has 3 rings (SSSR count). The van der Waals surface area contributed by atoms with Gasteiger partial charge >= 0.3 is 6.09 Å². The molecule has 1 amide bonds. The Morgan fingerprint density at radius 2 is 1.90 bits per heavy atom. The Hall–Kier alpha value is -2.62. The van der Waals surface area contributed by atoms with Crippen LogP contribution in [0.4, 0.5) is 16.6 Å². The number of nitrogens with zero attached hydrogens (tertiary/aromatic N) is 6. The zero-order valence-electron chi connectivity index (χ0n) is 18.7.